The molecule has 7 heteroatoms. The van der Waals surface area contributed by atoms with Crippen molar-refractivity contribution in [3.63, 3.8) is 0 Å². The number of hydrogen-bond acceptors (Lipinski definition) is 6. The van der Waals surface area contributed by atoms with E-state index in [1.807, 2.05) is 18.2 Å². The first-order chi connectivity index (χ1) is 13.6. The number of aryl methyl sites for hydroxylation is 1. The van der Waals surface area contributed by atoms with E-state index in [0.717, 1.165) is 4.47 Å². The molecule has 1 aromatic heterocycles. The Balaban J connectivity index is 1.85. The Morgan fingerprint density at radius 1 is 1.14 bits per heavy atom. The quantitative estimate of drug-likeness (QED) is 0.476. The largest absolute Gasteiger partial charge is 0.482 e. The van der Waals surface area contributed by atoms with Gasteiger partial charge in [-0.05, 0) is 67.9 Å². The van der Waals surface area contributed by atoms with Gasteiger partial charge in [-0.2, -0.15) is 0 Å². The molecule has 0 bridgehead atoms. The molecule has 6 nitrogen and oxygen atoms in total. The van der Waals surface area contributed by atoms with E-state index in [2.05, 4.69) is 15.9 Å². The number of halogens is 1. The van der Waals surface area contributed by atoms with Crippen molar-refractivity contribution in [1.82, 2.24) is 0 Å². The summed E-state index contributed by atoms with van der Waals surface area (Å²) in [5, 5.41) is 0.349. The van der Waals surface area contributed by atoms with Crippen LogP contribution in [-0.2, 0) is 9.53 Å². The van der Waals surface area contributed by atoms with E-state index in [9.17, 15) is 9.59 Å². The van der Waals surface area contributed by atoms with Crippen molar-refractivity contribution in [1.29, 1.82) is 0 Å². The number of carbonyl (C=O) groups is 1. The SMILES string of the molecule is Cc1oc2cc(OCC(=O)OC(C)(C)C)ccc2c(=O)c1Oc1ccccc1Br. The van der Waals surface area contributed by atoms with Crippen molar-refractivity contribution in [2.24, 2.45) is 0 Å². The Labute approximate surface area is 176 Å². The highest BCUT2D eigenvalue weighted by molar-refractivity contribution is 9.10. The van der Waals surface area contributed by atoms with Gasteiger partial charge in [-0.15, -0.1) is 0 Å². The molecule has 0 fully saturated rings. The maximum atomic E-state index is 12.9. The van der Waals surface area contributed by atoms with Crippen LogP contribution in [0.3, 0.4) is 0 Å². The first-order valence-corrected chi connectivity index (χ1v) is 9.78. The third-order valence-corrected chi connectivity index (χ3v) is 4.47. The van der Waals surface area contributed by atoms with Crippen LogP contribution in [0.1, 0.15) is 26.5 Å². The predicted molar refractivity (Wildman–Crippen MR) is 113 cm³/mol. The third kappa shape index (κ3) is 5.17. The summed E-state index contributed by atoms with van der Waals surface area (Å²) < 4.78 is 23.0. The van der Waals surface area contributed by atoms with E-state index in [1.165, 1.54) is 0 Å². The van der Waals surface area contributed by atoms with Gasteiger partial charge in [-0.25, -0.2) is 4.79 Å². The molecule has 29 heavy (non-hydrogen) atoms. The maximum absolute atomic E-state index is 12.9. The minimum absolute atomic E-state index is 0.117. The molecule has 0 N–H and O–H groups in total. The molecule has 0 radical (unpaired) electrons. The summed E-state index contributed by atoms with van der Waals surface area (Å²) in [5.74, 6) is 0.881. The Bertz CT molecular complexity index is 1110. The Hall–Kier alpha value is -2.80. The van der Waals surface area contributed by atoms with Gasteiger partial charge in [0.25, 0.3) is 0 Å². The average Bonchev–Trinajstić information content (AvgIpc) is 2.63. The molecular weight excluding hydrogens is 440 g/mol. The van der Waals surface area contributed by atoms with E-state index in [0.29, 0.717) is 28.2 Å². The Morgan fingerprint density at radius 2 is 1.86 bits per heavy atom. The normalized spacial score (nSPS) is 11.3. The van der Waals surface area contributed by atoms with Crippen LogP contribution in [0.15, 0.2) is 56.1 Å². The first-order valence-electron chi connectivity index (χ1n) is 8.98. The topological polar surface area (TPSA) is 75.0 Å². The van der Waals surface area contributed by atoms with E-state index in [-0.39, 0.29) is 17.8 Å². The third-order valence-electron chi connectivity index (χ3n) is 3.81. The van der Waals surface area contributed by atoms with Gasteiger partial charge in [0, 0.05) is 6.07 Å². The fourth-order valence-corrected chi connectivity index (χ4v) is 2.99. The summed E-state index contributed by atoms with van der Waals surface area (Å²) >= 11 is 3.40. The molecule has 152 valence electrons. The number of carbonyl (C=O) groups excluding carboxylic acids is 1. The van der Waals surface area contributed by atoms with Crippen molar-refractivity contribution < 1.29 is 23.4 Å². The molecule has 3 rings (SSSR count). The van der Waals surface area contributed by atoms with Crippen molar-refractivity contribution in [2.75, 3.05) is 6.61 Å². The van der Waals surface area contributed by atoms with Gasteiger partial charge in [0.2, 0.25) is 11.2 Å². The highest BCUT2D eigenvalue weighted by Gasteiger charge is 2.18. The van der Waals surface area contributed by atoms with Crippen LogP contribution < -0.4 is 14.9 Å². The number of para-hydroxylation sites is 1. The van der Waals surface area contributed by atoms with Crippen molar-refractivity contribution >= 4 is 32.9 Å². The van der Waals surface area contributed by atoms with E-state index in [1.54, 1.807) is 52.0 Å². The minimum atomic E-state index is -0.585. The van der Waals surface area contributed by atoms with Gasteiger partial charge in [0.1, 0.15) is 28.4 Å². The van der Waals surface area contributed by atoms with Gasteiger partial charge in [0.05, 0.1) is 9.86 Å². The number of ether oxygens (including phenoxy) is 3. The zero-order chi connectivity index (χ0) is 21.2. The summed E-state index contributed by atoms with van der Waals surface area (Å²) in [5.41, 5.74) is -0.537. The monoisotopic (exact) mass is 460 g/mol. The lowest BCUT2D eigenvalue weighted by Crippen LogP contribution is -2.27. The van der Waals surface area contributed by atoms with Crippen LogP contribution >= 0.6 is 15.9 Å². The molecule has 0 amide bonds. The fourth-order valence-electron chi connectivity index (χ4n) is 2.63. The summed E-state index contributed by atoms with van der Waals surface area (Å²) in [6.07, 6.45) is 0. The molecule has 0 atom stereocenters. The molecule has 0 unspecified atom stereocenters. The molecule has 0 aliphatic rings. The summed E-state index contributed by atoms with van der Waals surface area (Å²) in [6, 6.07) is 12.0. The van der Waals surface area contributed by atoms with E-state index in [4.69, 9.17) is 18.6 Å². The lowest BCUT2D eigenvalue weighted by Gasteiger charge is -2.19. The van der Waals surface area contributed by atoms with Crippen LogP contribution in [0, 0.1) is 6.92 Å². The van der Waals surface area contributed by atoms with Gasteiger partial charge in [0.15, 0.2) is 6.61 Å². The molecule has 1 heterocycles. The highest BCUT2D eigenvalue weighted by Crippen LogP contribution is 2.31. The summed E-state index contributed by atoms with van der Waals surface area (Å²) in [6.45, 7) is 6.76. The lowest BCUT2D eigenvalue weighted by molar-refractivity contribution is -0.157. The number of fused-ring (bicyclic) bond motifs is 1. The smallest absolute Gasteiger partial charge is 0.344 e. The second-order valence-corrected chi connectivity index (χ2v) is 8.24. The minimum Gasteiger partial charge on any atom is -0.482 e. The Morgan fingerprint density at radius 3 is 2.55 bits per heavy atom. The van der Waals surface area contributed by atoms with Crippen LogP contribution in [0.5, 0.6) is 17.2 Å². The molecule has 2 aromatic carbocycles. The zero-order valence-corrected chi connectivity index (χ0v) is 18.2. The number of esters is 1. The molecule has 0 aliphatic carbocycles. The first kappa shape index (κ1) is 20.9. The molecule has 0 spiro atoms. The molecule has 3 aromatic rings. The van der Waals surface area contributed by atoms with E-state index >= 15 is 0 Å². The maximum Gasteiger partial charge on any atom is 0.344 e. The molecular formula is C22H21BrO6. The fraction of sp³-hybridized carbons (Fsp3) is 0.273. The molecule has 0 aliphatic heterocycles. The Kier molecular flexibility index (Phi) is 5.98. The van der Waals surface area contributed by atoms with Crippen LogP contribution in [0.2, 0.25) is 0 Å². The summed E-state index contributed by atoms with van der Waals surface area (Å²) in [4.78, 5) is 24.7. The second kappa shape index (κ2) is 8.29. The van der Waals surface area contributed by atoms with Crippen molar-refractivity contribution in [3.8, 4) is 17.2 Å². The van der Waals surface area contributed by atoms with Crippen LogP contribution in [0.25, 0.3) is 11.0 Å². The van der Waals surface area contributed by atoms with Gasteiger partial charge >= 0.3 is 5.97 Å². The van der Waals surface area contributed by atoms with Gasteiger partial charge in [-0.1, -0.05) is 12.1 Å². The standard InChI is InChI=1S/C22H21BrO6/c1-13-21(28-17-8-6-5-7-16(17)23)20(25)15-10-9-14(11-18(15)27-13)26-12-19(24)29-22(2,3)4/h5-11H,12H2,1-4H3. The van der Waals surface area contributed by atoms with Crippen molar-refractivity contribution in [3.05, 3.63) is 62.9 Å². The number of hydrogen-bond donors (Lipinski definition) is 0. The summed E-state index contributed by atoms with van der Waals surface area (Å²) in [7, 11) is 0. The number of benzene rings is 2. The average molecular weight is 461 g/mol. The van der Waals surface area contributed by atoms with Crippen LogP contribution in [0.4, 0.5) is 0 Å². The van der Waals surface area contributed by atoms with Gasteiger partial charge in [-0.3, -0.25) is 4.79 Å². The second-order valence-electron chi connectivity index (χ2n) is 7.38. The van der Waals surface area contributed by atoms with Crippen LogP contribution in [-0.4, -0.2) is 18.2 Å². The van der Waals surface area contributed by atoms with Gasteiger partial charge < -0.3 is 18.6 Å². The van der Waals surface area contributed by atoms with Crippen molar-refractivity contribution in [2.45, 2.75) is 33.3 Å². The predicted octanol–water partition coefficient (Wildman–Crippen LogP) is 5.38. The molecule has 0 saturated carbocycles. The van der Waals surface area contributed by atoms with E-state index < -0.39 is 11.6 Å². The highest BCUT2D eigenvalue weighted by atomic mass is 79.9. The molecule has 0 saturated heterocycles. The zero-order valence-electron chi connectivity index (χ0n) is 16.6. The number of rotatable bonds is 5. The lowest BCUT2D eigenvalue weighted by atomic mass is 10.2.